The van der Waals surface area contributed by atoms with Gasteiger partial charge in [0.15, 0.2) is 0 Å². The number of amides is 1. The first-order chi connectivity index (χ1) is 19.1. The zero-order valence-electron chi connectivity index (χ0n) is 22.5. The fourth-order valence-electron chi connectivity index (χ4n) is 4.48. The Bertz CT molecular complexity index is 1350. The number of benzene rings is 2. The summed E-state index contributed by atoms with van der Waals surface area (Å²) < 4.78 is 63.6. The van der Waals surface area contributed by atoms with Crippen LogP contribution in [0.5, 0.6) is 0 Å². The molecule has 3 aromatic rings. The number of anilines is 2. The molecule has 3 N–H and O–H groups in total. The molecule has 1 fully saturated rings. The van der Waals surface area contributed by atoms with Gasteiger partial charge in [-0.3, -0.25) is 9.69 Å². The number of hydrogen-bond donors (Lipinski definition) is 3. The van der Waals surface area contributed by atoms with Crippen LogP contribution in [0.1, 0.15) is 46.7 Å². The van der Waals surface area contributed by atoms with Gasteiger partial charge in [0.1, 0.15) is 11.6 Å². The average molecular weight is 581 g/mol. The summed E-state index contributed by atoms with van der Waals surface area (Å²) >= 11 is 1.35. The molecule has 1 aromatic heterocycles. The van der Waals surface area contributed by atoms with E-state index in [4.69, 9.17) is 4.74 Å². The van der Waals surface area contributed by atoms with Crippen molar-refractivity contribution in [2.45, 2.75) is 32.5 Å². The summed E-state index contributed by atoms with van der Waals surface area (Å²) in [5, 5.41) is 6.07. The fourth-order valence-corrected chi connectivity index (χ4v) is 4.92. The normalized spacial score (nSPS) is 15.2. The molecule has 2 aromatic carbocycles. The Morgan fingerprint density at radius 2 is 1.93 bits per heavy atom. The first kappa shape index (κ1) is 29.8. The van der Waals surface area contributed by atoms with Crippen LogP contribution >= 0.6 is 11.9 Å². The summed E-state index contributed by atoms with van der Waals surface area (Å²) in [5.41, 5.74) is 2.03. The summed E-state index contributed by atoms with van der Waals surface area (Å²) in [4.78, 5) is 22.7. The van der Waals surface area contributed by atoms with E-state index in [1.54, 1.807) is 13.0 Å². The molecule has 8 nitrogen and oxygen atoms in total. The van der Waals surface area contributed by atoms with Crippen molar-refractivity contribution < 1.29 is 27.1 Å². The molecule has 1 aliphatic heterocycles. The fraction of sp³-hybridized carbons (Fsp3) is 0.444. The third-order valence-corrected chi connectivity index (χ3v) is 7.05. The van der Waals surface area contributed by atoms with Gasteiger partial charge in [0.2, 0.25) is 5.82 Å². The minimum atomic E-state index is -4.73. The number of carbonyl (C=O) groups is 1. The molecule has 1 atom stereocenters. The third kappa shape index (κ3) is 7.32. The molecular formula is C27H32F4N6O2S. The molecule has 0 bridgehead atoms. The monoisotopic (exact) mass is 580 g/mol. The first-order valence-corrected chi connectivity index (χ1v) is 14.1. The second-order valence-corrected chi connectivity index (χ2v) is 10.2. The van der Waals surface area contributed by atoms with Crippen LogP contribution < -0.4 is 15.4 Å². The highest BCUT2D eigenvalue weighted by Crippen LogP contribution is 2.31. The maximum atomic E-state index is 14.8. The van der Waals surface area contributed by atoms with E-state index in [9.17, 15) is 22.4 Å². The minimum Gasteiger partial charge on any atom is -0.379 e. The SMILES string of the molecule is CSNc1cc(F)c([C@@H](C)NC(=O)c2ccc3nc(C(F)(F)F)nc(NCCCN4CCOCC4)c3c2)cc1C. The van der Waals surface area contributed by atoms with Gasteiger partial charge in [-0.15, -0.1) is 0 Å². The van der Waals surface area contributed by atoms with Crippen LogP contribution in [-0.4, -0.2) is 66.4 Å². The zero-order chi connectivity index (χ0) is 28.9. The molecule has 216 valence electrons. The second kappa shape index (κ2) is 13.0. The summed E-state index contributed by atoms with van der Waals surface area (Å²) in [5.74, 6) is -2.23. The lowest BCUT2D eigenvalue weighted by Gasteiger charge is -2.26. The number of ether oxygens (including phenoxy) is 1. The zero-order valence-corrected chi connectivity index (χ0v) is 23.3. The van der Waals surface area contributed by atoms with Gasteiger partial charge < -0.3 is 20.1 Å². The van der Waals surface area contributed by atoms with Crippen molar-refractivity contribution in [1.29, 1.82) is 0 Å². The number of fused-ring (bicyclic) bond motifs is 1. The molecule has 1 amide bonds. The average Bonchev–Trinajstić information content (AvgIpc) is 2.92. The number of aryl methyl sites for hydroxylation is 1. The van der Waals surface area contributed by atoms with Crippen LogP contribution in [0, 0.1) is 12.7 Å². The summed E-state index contributed by atoms with van der Waals surface area (Å²) in [6.45, 7) is 7.60. The van der Waals surface area contributed by atoms with Crippen molar-refractivity contribution in [2.24, 2.45) is 0 Å². The maximum Gasteiger partial charge on any atom is 0.451 e. The lowest BCUT2D eigenvalue weighted by atomic mass is 10.0. The lowest BCUT2D eigenvalue weighted by molar-refractivity contribution is -0.144. The van der Waals surface area contributed by atoms with Crippen molar-refractivity contribution in [3.05, 3.63) is 58.7 Å². The molecule has 0 saturated carbocycles. The highest BCUT2D eigenvalue weighted by molar-refractivity contribution is 7.99. The maximum absolute atomic E-state index is 14.8. The first-order valence-electron chi connectivity index (χ1n) is 12.9. The number of rotatable bonds is 10. The summed E-state index contributed by atoms with van der Waals surface area (Å²) in [6.07, 6.45) is -2.22. The Hall–Kier alpha value is -3.16. The van der Waals surface area contributed by atoms with Crippen molar-refractivity contribution in [3.63, 3.8) is 0 Å². The van der Waals surface area contributed by atoms with E-state index in [1.807, 2.05) is 13.2 Å². The third-order valence-electron chi connectivity index (χ3n) is 6.63. The second-order valence-electron chi connectivity index (χ2n) is 9.55. The van der Waals surface area contributed by atoms with Crippen molar-refractivity contribution >= 4 is 40.3 Å². The van der Waals surface area contributed by atoms with E-state index in [1.165, 1.54) is 36.2 Å². The highest BCUT2D eigenvalue weighted by atomic mass is 32.2. The number of morpholine rings is 1. The molecule has 13 heteroatoms. The van der Waals surface area contributed by atoms with Gasteiger partial charge in [-0.1, -0.05) is 11.9 Å². The van der Waals surface area contributed by atoms with E-state index in [2.05, 4.69) is 30.2 Å². The van der Waals surface area contributed by atoms with Gasteiger partial charge in [-0.25, -0.2) is 14.4 Å². The number of hydrogen-bond acceptors (Lipinski definition) is 8. The molecule has 1 aliphatic rings. The molecule has 0 unspecified atom stereocenters. The van der Waals surface area contributed by atoms with E-state index in [-0.39, 0.29) is 22.3 Å². The summed E-state index contributed by atoms with van der Waals surface area (Å²) in [6, 6.07) is 6.60. The van der Waals surface area contributed by atoms with Crippen LogP contribution in [0.3, 0.4) is 0 Å². The predicted molar refractivity (Wildman–Crippen MR) is 149 cm³/mol. The van der Waals surface area contributed by atoms with E-state index in [0.717, 1.165) is 25.2 Å². The molecule has 0 aliphatic carbocycles. The minimum absolute atomic E-state index is 0.000512. The van der Waals surface area contributed by atoms with E-state index in [0.29, 0.717) is 37.4 Å². The van der Waals surface area contributed by atoms with Crippen LogP contribution in [0.4, 0.5) is 29.1 Å². The standard InChI is InChI=1S/C27H32F4N6O2S/c1-16-13-19(21(28)15-23(16)36-40-3)17(2)33-25(38)18-5-6-22-20(14-18)24(35-26(34-22)27(29,30)31)32-7-4-8-37-9-11-39-12-10-37/h5-6,13-15,17,36H,4,7-12H2,1-3H3,(H,33,38)(H,32,34,35)/t17-/m1/s1. The van der Waals surface area contributed by atoms with Gasteiger partial charge >= 0.3 is 6.18 Å². The lowest BCUT2D eigenvalue weighted by Crippen LogP contribution is -2.37. The van der Waals surface area contributed by atoms with Gasteiger partial charge in [0.25, 0.3) is 5.91 Å². The quantitative estimate of drug-likeness (QED) is 0.167. The molecule has 2 heterocycles. The van der Waals surface area contributed by atoms with Crippen molar-refractivity contribution in [1.82, 2.24) is 20.2 Å². The number of nitrogens with one attached hydrogen (secondary N) is 3. The molecule has 0 spiro atoms. The predicted octanol–water partition coefficient (Wildman–Crippen LogP) is 5.41. The Balaban J connectivity index is 1.53. The smallest absolute Gasteiger partial charge is 0.379 e. The van der Waals surface area contributed by atoms with Gasteiger partial charge in [0, 0.05) is 48.1 Å². The molecule has 1 saturated heterocycles. The summed E-state index contributed by atoms with van der Waals surface area (Å²) in [7, 11) is 0. The number of nitrogens with zero attached hydrogens (tertiary/aromatic N) is 3. The number of carbonyl (C=O) groups excluding carboxylic acids is 1. The van der Waals surface area contributed by atoms with E-state index < -0.39 is 29.8 Å². The van der Waals surface area contributed by atoms with Gasteiger partial charge in [-0.05, 0) is 62.7 Å². The Morgan fingerprint density at radius 1 is 1.18 bits per heavy atom. The number of aromatic nitrogens is 2. The van der Waals surface area contributed by atoms with Crippen molar-refractivity contribution in [3.8, 4) is 0 Å². The molecule has 4 rings (SSSR count). The van der Waals surface area contributed by atoms with Gasteiger partial charge in [0.05, 0.1) is 24.8 Å². The van der Waals surface area contributed by atoms with Crippen LogP contribution in [0.25, 0.3) is 10.9 Å². The Morgan fingerprint density at radius 3 is 2.62 bits per heavy atom. The highest BCUT2D eigenvalue weighted by Gasteiger charge is 2.35. The largest absolute Gasteiger partial charge is 0.451 e. The number of alkyl halides is 3. The molecule has 40 heavy (non-hydrogen) atoms. The van der Waals surface area contributed by atoms with Crippen LogP contribution in [0.15, 0.2) is 30.3 Å². The number of halogens is 4. The van der Waals surface area contributed by atoms with Crippen LogP contribution in [-0.2, 0) is 10.9 Å². The topological polar surface area (TPSA) is 91.4 Å². The Labute approximate surface area is 234 Å². The Kier molecular flexibility index (Phi) is 9.69. The molecule has 0 radical (unpaired) electrons. The van der Waals surface area contributed by atoms with Crippen molar-refractivity contribution in [2.75, 3.05) is 55.7 Å². The van der Waals surface area contributed by atoms with E-state index >= 15 is 0 Å². The van der Waals surface area contributed by atoms with Crippen LogP contribution in [0.2, 0.25) is 0 Å². The van der Waals surface area contributed by atoms with Gasteiger partial charge in [-0.2, -0.15) is 13.2 Å². The molecular weight excluding hydrogens is 548 g/mol.